The van der Waals surface area contributed by atoms with Gasteiger partial charge in [0, 0.05) is 11.1 Å². The molecule has 0 saturated heterocycles. The topological polar surface area (TPSA) is 92.2 Å². The van der Waals surface area contributed by atoms with E-state index in [4.69, 9.17) is 5.11 Å². The Hall–Kier alpha value is -3.06. The van der Waals surface area contributed by atoms with Crippen LogP contribution in [0.15, 0.2) is 48.5 Å². The van der Waals surface area contributed by atoms with Crippen LogP contribution in [0.5, 0.6) is 0 Å². The van der Waals surface area contributed by atoms with Crippen molar-refractivity contribution in [2.75, 3.05) is 5.32 Å². The van der Waals surface area contributed by atoms with Crippen molar-refractivity contribution in [3.05, 3.63) is 65.2 Å². The van der Waals surface area contributed by atoms with Gasteiger partial charge in [-0.1, -0.05) is 49.4 Å². The number of carboxylic acids is 1. The molecule has 0 radical (unpaired) electrons. The average Bonchev–Trinajstić information content (AvgIpc) is 3.10. The molecule has 0 spiro atoms. The lowest BCUT2D eigenvalue weighted by molar-refractivity contribution is 0.0696. The molecule has 0 saturated carbocycles. The maximum absolute atomic E-state index is 12.3. The molecule has 0 aliphatic rings. The predicted octanol–water partition coefficient (Wildman–Crippen LogP) is 4.28. The van der Waals surface area contributed by atoms with Crippen molar-refractivity contribution in [1.82, 2.24) is 10.2 Å². The quantitative estimate of drug-likeness (QED) is 0.702. The largest absolute Gasteiger partial charge is 0.478 e. The Morgan fingerprint density at radius 3 is 2.15 bits per heavy atom. The van der Waals surface area contributed by atoms with Crippen molar-refractivity contribution in [3.63, 3.8) is 0 Å². The smallest absolute Gasteiger partial charge is 0.335 e. The number of aromatic carboxylic acids is 1. The summed E-state index contributed by atoms with van der Waals surface area (Å²) >= 11 is 1.23. The number of carbonyl (C=O) groups excluding carboxylic acids is 1. The second kappa shape index (κ2) is 7.45. The van der Waals surface area contributed by atoms with Crippen molar-refractivity contribution in [3.8, 4) is 10.6 Å². The summed E-state index contributed by atoms with van der Waals surface area (Å²) in [6.45, 7) is 4.20. The molecule has 0 bridgehead atoms. The minimum atomic E-state index is -0.981. The summed E-state index contributed by atoms with van der Waals surface area (Å²) in [5.74, 6) is -0.820. The molecule has 1 heterocycles. The van der Waals surface area contributed by atoms with Crippen LogP contribution in [-0.4, -0.2) is 27.2 Å². The van der Waals surface area contributed by atoms with Gasteiger partial charge in [0.15, 0.2) is 0 Å². The molecule has 2 N–H and O–H groups in total. The first-order valence-corrected chi connectivity index (χ1v) is 8.84. The van der Waals surface area contributed by atoms with E-state index in [-0.39, 0.29) is 11.5 Å². The van der Waals surface area contributed by atoms with Crippen LogP contribution in [-0.2, 0) is 0 Å². The molecule has 0 fully saturated rings. The van der Waals surface area contributed by atoms with Gasteiger partial charge in [0.1, 0.15) is 5.01 Å². The van der Waals surface area contributed by atoms with E-state index in [1.807, 2.05) is 12.1 Å². The SMILES string of the molecule is CC(C)c1ccc(C(=O)Nc2nnc(-c3ccc(C(=O)O)cc3)s2)cc1. The van der Waals surface area contributed by atoms with E-state index in [9.17, 15) is 9.59 Å². The van der Waals surface area contributed by atoms with Crippen molar-refractivity contribution >= 4 is 28.3 Å². The third kappa shape index (κ3) is 3.94. The highest BCUT2D eigenvalue weighted by Crippen LogP contribution is 2.27. The molecule has 0 atom stereocenters. The highest BCUT2D eigenvalue weighted by atomic mass is 32.1. The summed E-state index contributed by atoms with van der Waals surface area (Å²) < 4.78 is 0. The number of amides is 1. The van der Waals surface area contributed by atoms with Gasteiger partial charge >= 0.3 is 5.97 Å². The zero-order valence-electron chi connectivity index (χ0n) is 14.3. The standard InChI is InChI=1S/C19H17N3O3S/c1-11(2)12-3-5-13(6-4-12)16(23)20-19-22-21-17(26-19)14-7-9-15(10-8-14)18(24)25/h3-11H,1-2H3,(H,24,25)(H,20,22,23). The molecule has 0 aliphatic carbocycles. The van der Waals surface area contributed by atoms with E-state index in [1.54, 1.807) is 24.3 Å². The average molecular weight is 367 g/mol. The van der Waals surface area contributed by atoms with Crippen molar-refractivity contribution < 1.29 is 14.7 Å². The first kappa shape index (κ1) is 17.8. The summed E-state index contributed by atoms with van der Waals surface area (Å²) in [6, 6.07) is 13.8. The fraction of sp³-hybridized carbons (Fsp3) is 0.158. The number of aromatic nitrogens is 2. The Kier molecular flexibility index (Phi) is 5.09. The van der Waals surface area contributed by atoms with Gasteiger partial charge in [-0.25, -0.2) is 4.79 Å². The fourth-order valence-electron chi connectivity index (χ4n) is 2.33. The molecule has 132 valence electrons. The summed E-state index contributed by atoms with van der Waals surface area (Å²) in [7, 11) is 0. The minimum Gasteiger partial charge on any atom is -0.478 e. The Morgan fingerprint density at radius 1 is 0.962 bits per heavy atom. The van der Waals surface area contributed by atoms with Crippen LogP contribution in [0.25, 0.3) is 10.6 Å². The number of rotatable bonds is 5. The Balaban J connectivity index is 1.71. The minimum absolute atomic E-state index is 0.205. The van der Waals surface area contributed by atoms with Gasteiger partial charge in [0.05, 0.1) is 5.56 Å². The molecule has 3 aromatic rings. The molecular weight excluding hydrogens is 350 g/mol. The van der Waals surface area contributed by atoms with E-state index in [1.165, 1.54) is 29.0 Å². The summed E-state index contributed by atoms with van der Waals surface area (Å²) in [5, 5.41) is 20.7. The summed E-state index contributed by atoms with van der Waals surface area (Å²) in [4.78, 5) is 23.2. The molecule has 7 heteroatoms. The van der Waals surface area contributed by atoms with E-state index in [0.29, 0.717) is 21.6 Å². The maximum atomic E-state index is 12.3. The maximum Gasteiger partial charge on any atom is 0.335 e. The summed E-state index contributed by atoms with van der Waals surface area (Å²) in [6.07, 6.45) is 0. The number of benzene rings is 2. The third-order valence-corrected chi connectivity index (χ3v) is 4.75. The molecule has 1 amide bonds. The number of nitrogens with zero attached hydrogens (tertiary/aromatic N) is 2. The van der Waals surface area contributed by atoms with Gasteiger partial charge in [0.25, 0.3) is 5.91 Å². The first-order chi connectivity index (χ1) is 12.4. The van der Waals surface area contributed by atoms with Gasteiger partial charge < -0.3 is 5.11 Å². The van der Waals surface area contributed by atoms with Crippen molar-refractivity contribution in [2.45, 2.75) is 19.8 Å². The van der Waals surface area contributed by atoms with Crippen LogP contribution in [0.1, 0.15) is 46.0 Å². The van der Waals surface area contributed by atoms with Crippen LogP contribution in [0.4, 0.5) is 5.13 Å². The molecule has 6 nitrogen and oxygen atoms in total. The predicted molar refractivity (Wildman–Crippen MR) is 101 cm³/mol. The van der Waals surface area contributed by atoms with Gasteiger partial charge in [-0.3, -0.25) is 10.1 Å². The van der Waals surface area contributed by atoms with Crippen molar-refractivity contribution in [1.29, 1.82) is 0 Å². The number of carboxylic acid groups (broad SMARTS) is 1. The van der Waals surface area contributed by atoms with Crippen LogP contribution in [0.3, 0.4) is 0 Å². The zero-order chi connectivity index (χ0) is 18.7. The van der Waals surface area contributed by atoms with Gasteiger partial charge in [-0.05, 0) is 35.7 Å². The Morgan fingerprint density at radius 2 is 1.58 bits per heavy atom. The van der Waals surface area contributed by atoms with Crippen LogP contribution >= 0.6 is 11.3 Å². The molecule has 2 aromatic carbocycles. The monoisotopic (exact) mass is 367 g/mol. The molecule has 26 heavy (non-hydrogen) atoms. The highest BCUT2D eigenvalue weighted by molar-refractivity contribution is 7.18. The molecule has 3 rings (SSSR count). The van der Waals surface area contributed by atoms with Crippen LogP contribution in [0, 0.1) is 0 Å². The highest BCUT2D eigenvalue weighted by Gasteiger charge is 2.12. The molecule has 0 unspecified atom stereocenters. The van der Waals surface area contributed by atoms with Gasteiger partial charge in [-0.2, -0.15) is 0 Å². The van der Waals surface area contributed by atoms with Crippen LogP contribution < -0.4 is 5.32 Å². The van der Waals surface area contributed by atoms with E-state index in [2.05, 4.69) is 29.4 Å². The Labute approximate surface area is 154 Å². The van der Waals surface area contributed by atoms with Gasteiger partial charge in [-0.15, -0.1) is 10.2 Å². The lowest BCUT2D eigenvalue weighted by Crippen LogP contribution is -2.11. The second-order valence-corrected chi connectivity index (χ2v) is 7.00. The Bertz CT molecular complexity index is 931. The first-order valence-electron chi connectivity index (χ1n) is 8.02. The molecule has 0 aliphatic heterocycles. The second-order valence-electron chi connectivity index (χ2n) is 6.03. The summed E-state index contributed by atoms with van der Waals surface area (Å²) in [5.41, 5.74) is 2.67. The third-order valence-electron chi connectivity index (χ3n) is 3.86. The van der Waals surface area contributed by atoms with Crippen molar-refractivity contribution in [2.24, 2.45) is 0 Å². The molecular formula is C19H17N3O3S. The fourth-order valence-corrected chi connectivity index (χ4v) is 3.08. The normalized spacial score (nSPS) is 10.7. The lowest BCUT2D eigenvalue weighted by atomic mass is 10.0. The van der Waals surface area contributed by atoms with E-state index >= 15 is 0 Å². The number of hydrogen-bond donors (Lipinski definition) is 2. The van der Waals surface area contributed by atoms with Gasteiger partial charge in [0.2, 0.25) is 5.13 Å². The molecule has 1 aromatic heterocycles. The number of nitrogens with one attached hydrogen (secondary N) is 1. The van der Waals surface area contributed by atoms with Crippen LogP contribution in [0.2, 0.25) is 0 Å². The lowest BCUT2D eigenvalue weighted by Gasteiger charge is -2.06. The van der Waals surface area contributed by atoms with E-state index < -0.39 is 5.97 Å². The number of hydrogen-bond acceptors (Lipinski definition) is 5. The number of carbonyl (C=O) groups is 2. The zero-order valence-corrected chi connectivity index (χ0v) is 15.1. The van der Waals surface area contributed by atoms with E-state index in [0.717, 1.165) is 5.56 Å². The number of anilines is 1.